The maximum absolute atomic E-state index is 12.4. The molecule has 0 radical (unpaired) electrons. The van der Waals surface area contributed by atoms with Gasteiger partial charge in [-0.3, -0.25) is 4.79 Å². The van der Waals surface area contributed by atoms with Gasteiger partial charge in [0.15, 0.2) is 6.10 Å². The molecule has 0 saturated heterocycles. The highest BCUT2D eigenvalue weighted by Crippen LogP contribution is 2.26. The van der Waals surface area contributed by atoms with E-state index in [1.54, 1.807) is 0 Å². The van der Waals surface area contributed by atoms with E-state index in [0.717, 1.165) is 29.4 Å². The highest BCUT2D eigenvalue weighted by atomic mass is 16.5. The van der Waals surface area contributed by atoms with Crippen molar-refractivity contribution in [1.29, 1.82) is 0 Å². The Bertz CT molecular complexity index is 654. The minimum atomic E-state index is -0.482. The van der Waals surface area contributed by atoms with E-state index in [-0.39, 0.29) is 5.91 Å². The summed E-state index contributed by atoms with van der Waals surface area (Å²) < 4.78 is 5.95. The van der Waals surface area contributed by atoms with Crippen molar-refractivity contribution in [3.8, 4) is 5.75 Å². The Kier molecular flexibility index (Phi) is 5.16. The van der Waals surface area contributed by atoms with Gasteiger partial charge < -0.3 is 10.1 Å². The predicted molar refractivity (Wildman–Crippen MR) is 93.7 cm³/mol. The molecule has 0 unspecified atom stereocenters. The Morgan fingerprint density at radius 3 is 2.52 bits per heavy atom. The molecule has 1 aliphatic carbocycles. The van der Waals surface area contributed by atoms with Crippen molar-refractivity contribution in [3.05, 3.63) is 42.5 Å². The van der Waals surface area contributed by atoms with Crippen LogP contribution in [0, 0.1) is 0 Å². The van der Waals surface area contributed by atoms with Gasteiger partial charge in [-0.15, -0.1) is 0 Å². The third-order valence-electron chi connectivity index (χ3n) is 4.62. The first-order chi connectivity index (χ1) is 11.2. The highest BCUT2D eigenvalue weighted by Gasteiger charge is 2.20. The molecule has 1 fully saturated rings. The largest absolute Gasteiger partial charge is 0.480 e. The molecule has 23 heavy (non-hydrogen) atoms. The molecule has 1 saturated carbocycles. The molecule has 3 nitrogen and oxygen atoms in total. The van der Waals surface area contributed by atoms with E-state index in [9.17, 15) is 4.79 Å². The molecule has 2 aromatic carbocycles. The van der Waals surface area contributed by atoms with Gasteiger partial charge in [0.25, 0.3) is 5.91 Å². The third-order valence-corrected chi connectivity index (χ3v) is 4.62. The Hall–Kier alpha value is -2.03. The zero-order chi connectivity index (χ0) is 16.1. The number of carbonyl (C=O) groups excluding carboxylic acids is 1. The van der Waals surface area contributed by atoms with Gasteiger partial charge in [0.2, 0.25) is 0 Å². The molecular formula is C20H25NO2. The molecule has 0 heterocycles. The fraction of sp³-hybridized carbons (Fsp3) is 0.450. The van der Waals surface area contributed by atoms with Gasteiger partial charge in [-0.05, 0) is 31.2 Å². The normalized spacial score (nSPS) is 17.4. The maximum atomic E-state index is 12.4. The Labute approximate surface area is 138 Å². The number of fused-ring (bicyclic) bond motifs is 1. The van der Waals surface area contributed by atoms with E-state index in [4.69, 9.17) is 4.74 Å². The maximum Gasteiger partial charge on any atom is 0.260 e. The molecular weight excluding hydrogens is 286 g/mol. The number of hydrogen-bond acceptors (Lipinski definition) is 2. The predicted octanol–water partition coefficient (Wildman–Crippen LogP) is 4.45. The van der Waals surface area contributed by atoms with Gasteiger partial charge in [-0.2, -0.15) is 0 Å². The van der Waals surface area contributed by atoms with E-state index in [0.29, 0.717) is 6.04 Å². The molecule has 0 bridgehead atoms. The van der Waals surface area contributed by atoms with Crippen LogP contribution >= 0.6 is 0 Å². The van der Waals surface area contributed by atoms with Crippen molar-refractivity contribution < 1.29 is 9.53 Å². The number of hydrogen-bond donors (Lipinski definition) is 1. The molecule has 1 aliphatic rings. The number of nitrogens with one attached hydrogen (secondary N) is 1. The number of benzene rings is 2. The monoisotopic (exact) mass is 311 g/mol. The fourth-order valence-electron chi connectivity index (χ4n) is 3.28. The topological polar surface area (TPSA) is 38.3 Å². The Balaban J connectivity index is 1.65. The van der Waals surface area contributed by atoms with Crippen molar-refractivity contribution in [3.63, 3.8) is 0 Å². The van der Waals surface area contributed by atoms with E-state index < -0.39 is 6.10 Å². The van der Waals surface area contributed by atoms with Crippen molar-refractivity contribution in [2.45, 2.75) is 57.6 Å². The quantitative estimate of drug-likeness (QED) is 0.847. The van der Waals surface area contributed by atoms with Crippen LogP contribution in [0.5, 0.6) is 5.75 Å². The summed E-state index contributed by atoms with van der Waals surface area (Å²) in [5.74, 6) is 0.761. The summed E-state index contributed by atoms with van der Waals surface area (Å²) in [4.78, 5) is 12.4. The van der Waals surface area contributed by atoms with Gasteiger partial charge in [0.1, 0.15) is 5.75 Å². The lowest BCUT2D eigenvalue weighted by Crippen LogP contribution is -2.42. The van der Waals surface area contributed by atoms with Gasteiger partial charge >= 0.3 is 0 Å². The van der Waals surface area contributed by atoms with Gasteiger partial charge in [-0.1, -0.05) is 62.1 Å². The molecule has 1 atom stereocenters. The van der Waals surface area contributed by atoms with Crippen LogP contribution in [-0.2, 0) is 4.79 Å². The summed E-state index contributed by atoms with van der Waals surface area (Å²) in [6.45, 7) is 1.83. The van der Waals surface area contributed by atoms with Gasteiger partial charge in [0.05, 0.1) is 0 Å². The lowest BCUT2D eigenvalue weighted by Gasteiger charge is -2.21. The lowest BCUT2D eigenvalue weighted by atomic mass is 10.1. The SMILES string of the molecule is C[C@H](Oc1cccc2ccccc12)C(=O)NC1CCCCCC1. The molecule has 0 aromatic heterocycles. The Morgan fingerprint density at radius 1 is 1.04 bits per heavy atom. The van der Waals surface area contributed by atoms with Crippen molar-refractivity contribution in [1.82, 2.24) is 5.32 Å². The van der Waals surface area contributed by atoms with Crippen LogP contribution in [0.25, 0.3) is 10.8 Å². The summed E-state index contributed by atoms with van der Waals surface area (Å²) in [6, 6.07) is 14.3. The van der Waals surface area contributed by atoms with Crippen LogP contribution < -0.4 is 10.1 Å². The summed E-state index contributed by atoms with van der Waals surface area (Å²) in [6.07, 6.45) is 6.69. The fourth-order valence-corrected chi connectivity index (χ4v) is 3.28. The van der Waals surface area contributed by atoms with E-state index in [1.807, 2.05) is 37.3 Å². The zero-order valence-electron chi connectivity index (χ0n) is 13.8. The average Bonchev–Trinajstić information content (AvgIpc) is 2.84. The summed E-state index contributed by atoms with van der Waals surface area (Å²) in [7, 11) is 0. The number of ether oxygens (including phenoxy) is 1. The zero-order valence-corrected chi connectivity index (χ0v) is 13.8. The van der Waals surface area contributed by atoms with E-state index >= 15 is 0 Å². The second-order valence-corrected chi connectivity index (χ2v) is 6.43. The van der Waals surface area contributed by atoms with E-state index in [2.05, 4.69) is 17.4 Å². The number of rotatable bonds is 4. The minimum Gasteiger partial charge on any atom is -0.480 e. The van der Waals surface area contributed by atoms with Crippen molar-refractivity contribution >= 4 is 16.7 Å². The lowest BCUT2D eigenvalue weighted by molar-refractivity contribution is -0.128. The van der Waals surface area contributed by atoms with Crippen molar-refractivity contribution in [2.24, 2.45) is 0 Å². The smallest absolute Gasteiger partial charge is 0.260 e. The highest BCUT2D eigenvalue weighted by molar-refractivity contribution is 5.89. The molecule has 0 spiro atoms. The van der Waals surface area contributed by atoms with Crippen LogP contribution in [0.15, 0.2) is 42.5 Å². The molecule has 2 aromatic rings. The Morgan fingerprint density at radius 2 is 1.74 bits per heavy atom. The molecule has 1 amide bonds. The van der Waals surface area contributed by atoms with Crippen molar-refractivity contribution in [2.75, 3.05) is 0 Å². The first-order valence-corrected chi connectivity index (χ1v) is 8.69. The van der Waals surface area contributed by atoms with Crippen LogP contribution in [0.1, 0.15) is 45.4 Å². The molecule has 0 aliphatic heterocycles. The first kappa shape index (κ1) is 15.9. The summed E-state index contributed by atoms with van der Waals surface area (Å²) in [5.41, 5.74) is 0. The number of carbonyl (C=O) groups is 1. The third kappa shape index (κ3) is 4.04. The minimum absolute atomic E-state index is 0.00941. The molecule has 3 rings (SSSR count). The van der Waals surface area contributed by atoms with Crippen LogP contribution in [0.4, 0.5) is 0 Å². The average molecular weight is 311 g/mol. The van der Waals surface area contributed by atoms with Crippen LogP contribution in [0.2, 0.25) is 0 Å². The molecule has 1 N–H and O–H groups in total. The van der Waals surface area contributed by atoms with Crippen LogP contribution in [-0.4, -0.2) is 18.1 Å². The van der Waals surface area contributed by atoms with Gasteiger partial charge in [0, 0.05) is 11.4 Å². The second-order valence-electron chi connectivity index (χ2n) is 6.43. The van der Waals surface area contributed by atoms with Gasteiger partial charge in [-0.25, -0.2) is 0 Å². The summed E-state index contributed by atoms with van der Waals surface area (Å²) >= 11 is 0. The molecule has 122 valence electrons. The number of amides is 1. The second kappa shape index (κ2) is 7.49. The summed E-state index contributed by atoms with van der Waals surface area (Å²) in [5, 5.41) is 5.33. The van der Waals surface area contributed by atoms with E-state index in [1.165, 1.54) is 25.7 Å². The molecule has 3 heteroatoms. The standard InChI is InChI=1S/C20H25NO2/c1-15(20(22)21-17-11-4-2-3-5-12-17)23-19-14-8-10-16-9-6-7-13-18(16)19/h6-10,13-15,17H,2-5,11-12H2,1H3,(H,21,22)/t15-/m0/s1. The van der Waals surface area contributed by atoms with Crippen LogP contribution in [0.3, 0.4) is 0 Å². The first-order valence-electron chi connectivity index (χ1n) is 8.69.